The maximum atomic E-state index is 13.4. The lowest BCUT2D eigenvalue weighted by atomic mass is 10.0. The molecule has 0 spiro atoms. The molecular formula is C22H23FN4O4S. The van der Waals surface area contributed by atoms with Crippen LogP contribution in [0.4, 0.5) is 9.52 Å². The zero-order valence-corrected chi connectivity index (χ0v) is 18.1. The Kier molecular flexibility index (Phi) is 7.25. The van der Waals surface area contributed by atoms with Gasteiger partial charge in [0.25, 0.3) is 5.91 Å². The number of ether oxygens (including phenoxy) is 1. The quantitative estimate of drug-likeness (QED) is 0.539. The summed E-state index contributed by atoms with van der Waals surface area (Å²) < 4.78 is 23.9. The molecular weight excluding hydrogens is 435 g/mol. The van der Waals surface area contributed by atoms with Crippen molar-refractivity contribution in [2.24, 2.45) is 0 Å². The van der Waals surface area contributed by atoms with Gasteiger partial charge in [-0.15, -0.1) is 11.3 Å². The molecule has 4 rings (SSSR count). The number of halogens is 1. The third kappa shape index (κ3) is 5.78. The molecule has 3 aromatic rings. The topological polar surface area (TPSA) is 96.7 Å². The van der Waals surface area contributed by atoms with Crippen molar-refractivity contribution in [3.05, 3.63) is 70.9 Å². The summed E-state index contributed by atoms with van der Waals surface area (Å²) in [4.78, 5) is 31.1. The van der Waals surface area contributed by atoms with Crippen LogP contribution in [0.25, 0.3) is 0 Å². The van der Waals surface area contributed by atoms with Gasteiger partial charge < -0.3 is 14.5 Å². The van der Waals surface area contributed by atoms with Gasteiger partial charge in [0.15, 0.2) is 10.9 Å². The molecule has 2 amide bonds. The van der Waals surface area contributed by atoms with E-state index in [9.17, 15) is 14.0 Å². The number of nitrogens with one attached hydrogen (secondary N) is 2. The molecule has 32 heavy (non-hydrogen) atoms. The molecule has 8 nitrogen and oxygen atoms in total. The van der Waals surface area contributed by atoms with Crippen molar-refractivity contribution in [1.29, 1.82) is 0 Å². The summed E-state index contributed by atoms with van der Waals surface area (Å²) >= 11 is 1.24. The van der Waals surface area contributed by atoms with Crippen molar-refractivity contribution in [3.8, 4) is 0 Å². The van der Waals surface area contributed by atoms with Gasteiger partial charge >= 0.3 is 0 Å². The fourth-order valence-electron chi connectivity index (χ4n) is 3.48. The molecule has 0 aliphatic carbocycles. The Hall–Kier alpha value is -3.08. The fourth-order valence-corrected chi connectivity index (χ4v) is 4.19. The van der Waals surface area contributed by atoms with E-state index in [1.54, 1.807) is 29.6 Å². The largest absolute Gasteiger partial charge is 0.459 e. The summed E-state index contributed by atoms with van der Waals surface area (Å²) in [6.45, 7) is 3.11. The molecule has 10 heteroatoms. The highest BCUT2D eigenvalue weighted by Gasteiger charge is 2.23. The number of carbonyl (C=O) groups excluding carboxylic acids is 2. The summed E-state index contributed by atoms with van der Waals surface area (Å²) in [6, 6.07) is 9.46. The summed E-state index contributed by atoms with van der Waals surface area (Å²) in [5.74, 6) is -0.681. The Bertz CT molecular complexity index is 1030. The van der Waals surface area contributed by atoms with Gasteiger partial charge in [-0.2, -0.15) is 0 Å². The third-order valence-electron chi connectivity index (χ3n) is 5.09. The van der Waals surface area contributed by atoms with Crippen molar-refractivity contribution >= 4 is 28.3 Å². The average Bonchev–Trinajstić information content (AvgIpc) is 3.48. The predicted molar refractivity (Wildman–Crippen MR) is 117 cm³/mol. The Morgan fingerprint density at radius 1 is 1.19 bits per heavy atom. The third-order valence-corrected chi connectivity index (χ3v) is 5.90. The number of amides is 2. The van der Waals surface area contributed by atoms with Gasteiger partial charge in [-0.25, -0.2) is 9.37 Å². The number of nitrogens with zero attached hydrogens (tertiary/aromatic N) is 2. The van der Waals surface area contributed by atoms with Gasteiger partial charge in [-0.1, -0.05) is 12.1 Å². The molecule has 0 bridgehead atoms. The molecule has 2 N–H and O–H groups in total. The standard InChI is InChI=1S/C22H23FN4O4S/c23-16-5-3-15(4-6-16)18(27-7-10-30-11-8-27)13-24-20(28)12-17-14-32-22(25-17)26-21(29)19-2-1-9-31-19/h1-6,9,14,18H,7-8,10-13H2,(H,24,28)(H,25,26,29)/t18-/m0/s1. The van der Waals surface area contributed by atoms with Crippen molar-refractivity contribution in [2.45, 2.75) is 12.5 Å². The number of hydrogen-bond acceptors (Lipinski definition) is 7. The zero-order chi connectivity index (χ0) is 22.3. The van der Waals surface area contributed by atoms with E-state index in [4.69, 9.17) is 9.15 Å². The summed E-state index contributed by atoms with van der Waals surface area (Å²) in [5, 5.41) is 7.74. The van der Waals surface area contributed by atoms with Gasteiger partial charge in [0.2, 0.25) is 5.91 Å². The SMILES string of the molecule is O=C(Cc1csc(NC(=O)c2ccco2)n1)NC[C@@H](c1ccc(F)cc1)N1CCOCC1. The van der Waals surface area contributed by atoms with Crippen molar-refractivity contribution in [1.82, 2.24) is 15.2 Å². The fraction of sp³-hybridized carbons (Fsp3) is 0.318. The molecule has 3 heterocycles. The number of rotatable bonds is 8. The number of morpholine rings is 1. The molecule has 0 saturated carbocycles. The van der Waals surface area contributed by atoms with E-state index >= 15 is 0 Å². The van der Waals surface area contributed by atoms with Gasteiger partial charge in [0.1, 0.15) is 5.82 Å². The lowest BCUT2D eigenvalue weighted by Crippen LogP contribution is -2.44. The Balaban J connectivity index is 1.33. The van der Waals surface area contributed by atoms with Crippen LogP contribution >= 0.6 is 11.3 Å². The first-order valence-electron chi connectivity index (χ1n) is 10.2. The van der Waals surface area contributed by atoms with Crippen LogP contribution in [-0.4, -0.2) is 54.5 Å². The summed E-state index contributed by atoms with van der Waals surface area (Å²) in [6.07, 6.45) is 1.51. The number of anilines is 1. The van der Waals surface area contributed by atoms with E-state index in [-0.39, 0.29) is 29.9 Å². The maximum absolute atomic E-state index is 13.4. The second kappa shape index (κ2) is 10.5. The summed E-state index contributed by atoms with van der Waals surface area (Å²) in [7, 11) is 0. The monoisotopic (exact) mass is 458 g/mol. The predicted octanol–water partition coefficient (Wildman–Crippen LogP) is 2.86. The van der Waals surface area contributed by atoms with E-state index in [1.165, 1.54) is 29.7 Å². The molecule has 2 aromatic heterocycles. The lowest BCUT2D eigenvalue weighted by molar-refractivity contribution is -0.120. The van der Waals surface area contributed by atoms with Crippen LogP contribution in [0, 0.1) is 5.82 Å². The Morgan fingerprint density at radius 2 is 1.97 bits per heavy atom. The molecule has 1 aromatic carbocycles. The van der Waals surface area contributed by atoms with E-state index in [0.717, 1.165) is 18.7 Å². The second-order valence-electron chi connectivity index (χ2n) is 7.27. The smallest absolute Gasteiger partial charge is 0.293 e. The minimum Gasteiger partial charge on any atom is -0.459 e. The average molecular weight is 459 g/mol. The molecule has 1 aliphatic heterocycles. The zero-order valence-electron chi connectivity index (χ0n) is 17.3. The van der Waals surface area contributed by atoms with E-state index < -0.39 is 5.91 Å². The van der Waals surface area contributed by atoms with Crippen LogP contribution in [0.3, 0.4) is 0 Å². The van der Waals surface area contributed by atoms with Crippen molar-refractivity contribution in [3.63, 3.8) is 0 Å². The van der Waals surface area contributed by atoms with Crippen LogP contribution in [0.2, 0.25) is 0 Å². The number of furan rings is 1. The number of thiazole rings is 1. The minimum absolute atomic E-state index is 0.0815. The van der Waals surface area contributed by atoms with Crippen molar-refractivity contribution < 1.29 is 23.1 Å². The van der Waals surface area contributed by atoms with Crippen molar-refractivity contribution in [2.75, 3.05) is 38.2 Å². The highest BCUT2D eigenvalue weighted by Crippen LogP contribution is 2.22. The first-order chi connectivity index (χ1) is 15.6. The van der Waals surface area contributed by atoms with Crippen LogP contribution in [0.1, 0.15) is 27.9 Å². The minimum atomic E-state index is -0.395. The second-order valence-corrected chi connectivity index (χ2v) is 8.13. The van der Waals surface area contributed by atoms with Gasteiger partial charge in [0.05, 0.1) is 37.6 Å². The molecule has 168 valence electrons. The molecule has 0 radical (unpaired) electrons. The molecule has 1 aliphatic rings. The van der Waals surface area contributed by atoms with Crippen LogP contribution in [-0.2, 0) is 16.0 Å². The van der Waals surface area contributed by atoms with E-state index in [0.29, 0.717) is 30.6 Å². The van der Waals surface area contributed by atoms with Crippen LogP contribution < -0.4 is 10.6 Å². The maximum Gasteiger partial charge on any atom is 0.293 e. The number of benzene rings is 1. The van der Waals surface area contributed by atoms with Gasteiger partial charge in [-0.05, 0) is 29.8 Å². The van der Waals surface area contributed by atoms with E-state index in [2.05, 4.69) is 20.5 Å². The van der Waals surface area contributed by atoms with Crippen LogP contribution in [0.15, 0.2) is 52.5 Å². The Labute approximate surface area is 188 Å². The first kappa shape index (κ1) is 22.1. The molecule has 0 unspecified atom stereocenters. The number of carbonyl (C=O) groups is 2. The highest BCUT2D eigenvalue weighted by atomic mass is 32.1. The number of hydrogen-bond donors (Lipinski definition) is 2. The van der Waals surface area contributed by atoms with Gasteiger partial charge in [0, 0.05) is 25.0 Å². The number of aromatic nitrogens is 1. The van der Waals surface area contributed by atoms with Crippen LogP contribution in [0.5, 0.6) is 0 Å². The first-order valence-corrected chi connectivity index (χ1v) is 11.1. The van der Waals surface area contributed by atoms with E-state index in [1.807, 2.05) is 0 Å². The normalized spacial score (nSPS) is 15.3. The highest BCUT2D eigenvalue weighted by molar-refractivity contribution is 7.14. The molecule has 1 fully saturated rings. The summed E-state index contributed by atoms with van der Waals surface area (Å²) in [5.41, 5.74) is 1.50. The molecule has 1 atom stereocenters. The lowest BCUT2D eigenvalue weighted by Gasteiger charge is -2.35. The Morgan fingerprint density at radius 3 is 2.69 bits per heavy atom. The molecule has 1 saturated heterocycles. The van der Waals surface area contributed by atoms with Gasteiger partial charge in [-0.3, -0.25) is 19.8 Å².